The fourth-order valence-corrected chi connectivity index (χ4v) is 2.58. The molecule has 2 rings (SSSR count). The molecule has 0 saturated heterocycles. The first-order valence-electron chi connectivity index (χ1n) is 4.21. The van der Waals surface area contributed by atoms with E-state index in [0.29, 0.717) is 6.42 Å². The van der Waals surface area contributed by atoms with Gasteiger partial charge in [0.15, 0.2) is 5.78 Å². The van der Waals surface area contributed by atoms with Gasteiger partial charge in [-0.2, -0.15) is 0 Å². The smallest absolute Gasteiger partial charge is 0.178 e. The molecular formula is C10H9NOS2. The molecule has 0 bridgehead atoms. The minimum Gasteiger partial charge on any atom is -0.293 e. The van der Waals surface area contributed by atoms with E-state index in [1.165, 1.54) is 22.7 Å². The van der Waals surface area contributed by atoms with Gasteiger partial charge in [0.05, 0.1) is 10.4 Å². The van der Waals surface area contributed by atoms with Gasteiger partial charge < -0.3 is 0 Å². The molecule has 2 aromatic heterocycles. The number of thiophene rings is 1. The molecule has 0 saturated carbocycles. The van der Waals surface area contributed by atoms with Gasteiger partial charge in [-0.25, -0.2) is 0 Å². The zero-order valence-electron chi connectivity index (χ0n) is 7.69. The standard InChI is InChI=1S/C10H9NOS2/c1-7-2-10(13-5-7)9(12)3-8-4-11-6-14-8/h2,4-6H,3H2,1H3. The lowest BCUT2D eigenvalue weighted by Crippen LogP contribution is -1.99. The summed E-state index contributed by atoms with van der Waals surface area (Å²) in [6.07, 6.45) is 2.23. The van der Waals surface area contributed by atoms with Crippen molar-refractivity contribution in [2.24, 2.45) is 0 Å². The predicted octanol–water partition coefficient (Wildman–Crippen LogP) is 2.94. The van der Waals surface area contributed by atoms with Crippen LogP contribution in [0.15, 0.2) is 23.2 Å². The average Bonchev–Trinajstić information content (AvgIpc) is 2.75. The van der Waals surface area contributed by atoms with E-state index in [2.05, 4.69) is 4.98 Å². The zero-order valence-corrected chi connectivity index (χ0v) is 9.32. The maximum absolute atomic E-state index is 11.7. The first-order valence-corrected chi connectivity index (χ1v) is 5.97. The number of hydrogen-bond donors (Lipinski definition) is 0. The third-order valence-corrected chi connectivity index (χ3v) is 3.69. The van der Waals surface area contributed by atoms with Crippen molar-refractivity contribution in [1.82, 2.24) is 4.98 Å². The monoisotopic (exact) mass is 223 g/mol. The van der Waals surface area contributed by atoms with Crippen LogP contribution in [0.4, 0.5) is 0 Å². The second-order valence-corrected chi connectivity index (χ2v) is 4.94. The van der Waals surface area contributed by atoms with E-state index < -0.39 is 0 Å². The Kier molecular flexibility index (Phi) is 2.74. The van der Waals surface area contributed by atoms with Crippen molar-refractivity contribution in [2.75, 3.05) is 0 Å². The van der Waals surface area contributed by atoms with Crippen LogP contribution in [-0.2, 0) is 6.42 Å². The Labute approximate surface area is 90.2 Å². The van der Waals surface area contributed by atoms with Crippen LogP contribution in [0.5, 0.6) is 0 Å². The number of rotatable bonds is 3. The van der Waals surface area contributed by atoms with Crippen LogP contribution in [-0.4, -0.2) is 10.8 Å². The van der Waals surface area contributed by atoms with Crippen molar-refractivity contribution >= 4 is 28.5 Å². The minimum atomic E-state index is 0.187. The number of thiazole rings is 1. The van der Waals surface area contributed by atoms with Gasteiger partial charge in [0.2, 0.25) is 0 Å². The number of hydrogen-bond acceptors (Lipinski definition) is 4. The third kappa shape index (κ3) is 2.08. The molecular weight excluding hydrogens is 214 g/mol. The molecule has 2 aromatic rings. The number of aromatic nitrogens is 1. The van der Waals surface area contributed by atoms with Crippen molar-refractivity contribution in [3.05, 3.63) is 38.5 Å². The van der Waals surface area contributed by atoms with Crippen LogP contribution in [0.3, 0.4) is 0 Å². The second-order valence-electron chi connectivity index (χ2n) is 3.06. The molecule has 0 aliphatic rings. The molecule has 2 heterocycles. The van der Waals surface area contributed by atoms with E-state index in [-0.39, 0.29) is 5.78 Å². The van der Waals surface area contributed by atoms with E-state index in [9.17, 15) is 4.79 Å². The fourth-order valence-electron chi connectivity index (χ4n) is 1.15. The van der Waals surface area contributed by atoms with E-state index in [0.717, 1.165) is 15.3 Å². The third-order valence-electron chi connectivity index (χ3n) is 1.82. The summed E-state index contributed by atoms with van der Waals surface area (Å²) in [4.78, 5) is 17.5. The van der Waals surface area contributed by atoms with E-state index >= 15 is 0 Å². The number of aryl methyl sites for hydroxylation is 1. The van der Waals surface area contributed by atoms with Crippen LogP contribution in [0, 0.1) is 6.92 Å². The SMILES string of the molecule is Cc1csc(C(=O)Cc2cncs2)c1. The van der Waals surface area contributed by atoms with Crippen molar-refractivity contribution in [2.45, 2.75) is 13.3 Å². The molecule has 0 amide bonds. The lowest BCUT2D eigenvalue weighted by molar-refractivity contribution is 0.0997. The Bertz CT molecular complexity index is 431. The summed E-state index contributed by atoms with van der Waals surface area (Å²) in [6, 6.07) is 1.94. The Morgan fingerprint density at radius 1 is 1.50 bits per heavy atom. The summed E-state index contributed by atoms with van der Waals surface area (Å²) in [5.74, 6) is 0.187. The molecule has 0 aliphatic heterocycles. The maximum Gasteiger partial charge on any atom is 0.178 e. The molecule has 4 heteroatoms. The van der Waals surface area contributed by atoms with Gasteiger partial charge in [0.1, 0.15) is 0 Å². The molecule has 0 spiro atoms. The predicted molar refractivity (Wildman–Crippen MR) is 59.2 cm³/mol. The van der Waals surface area contributed by atoms with Gasteiger partial charge in [-0.3, -0.25) is 9.78 Å². The topological polar surface area (TPSA) is 30.0 Å². The van der Waals surface area contributed by atoms with Gasteiger partial charge in [-0.05, 0) is 23.9 Å². The Balaban J connectivity index is 2.10. The van der Waals surface area contributed by atoms with Gasteiger partial charge in [0, 0.05) is 17.5 Å². The highest BCUT2D eigenvalue weighted by Gasteiger charge is 2.09. The summed E-state index contributed by atoms with van der Waals surface area (Å²) in [5.41, 5.74) is 2.91. The quantitative estimate of drug-likeness (QED) is 0.749. The average molecular weight is 223 g/mol. The van der Waals surface area contributed by atoms with Crippen molar-refractivity contribution in [3.63, 3.8) is 0 Å². The van der Waals surface area contributed by atoms with Crippen LogP contribution in [0.25, 0.3) is 0 Å². The normalized spacial score (nSPS) is 10.4. The van der Waals surface area contributed by atoms with E-state index in [1.807, 2.05) is 18.4 Å². The summed E-state index contributed by atoms with van der Waals surface area (Å²) >= 11 is 3.04. The lowest BCUT2D eigenvalue weighted by Gasteiger charge is -1.92. The van der Waals surface area contributed by atoms with Crippen LogP contribution >= 0.6 is 22.7 Å². The second kappa shape index (κ2) is 4.02. The van der Waals surface area contributed by atoms with Crippen molar-refractivity contribution < 1.29 is 4.79 Å². The highest BCUT2D eigenvalue weighted by molar-refractivity contribution is 7.12. The molecule has 72 valence electrons. The molecule has 0 N–H and O–H groups in total. The highest BCUT2D eigenvalue weighted by atomic mass is 32.1. The minimum absolute atomic E-state index is 0.187. The molecule has 0 fully saturated rings. The van der Waals surface area contributed by atoms with Gasteiger partial charge in [0.25, 0.3) is 0 Å². The first-order chi connectivity index (χ1) is 6.75. The van der Waals surface area contributed by atoms with Gasteiger partial charge in [-0.1, -0.05) is 0 Å². The molecule has 0 aliphatic carbocycles. The molecule has 0 unspecified atom stereocenters. The van der Waals surface area contributed by atoms with E-state index in [1.54, 1.807) is 11.7 Å². The summed E-state index contributed by atoms with van der Waals surface area (Å²) in [6.45, 7) is 2.00. The van der Waals surface area contributed by atoms with E-state index in [4.69, 9.17) is 0 Å². The van der Waals surface area contributed by atoms with Crippen molar-refractivity contribution in [3.8, 4) is 0 Å². The molecule has 2 nitrogen and oxygen atoms in total. The number of Topliss-reactive ketones (excluding diaryl/α,β-unsaturated/α-hetero) is 1. The Morgan fingerprint density at radius 2 is 2.36 bits per heavy atom. The molecule has 0 atom stereocenters. The lowest BCUT2D eigenvalue weighted by atomic mass is 10.2. The Hall–Kier alpha value is -1.000. The van der Waals surface area contributed by atoms with Crippen LogP contribution in [0.1, 0.15) is 20.1 Å². The largest absolute Gasteiger partial charge is 0.293 e. The Morgan fingerprint density at radius 3 is 2.93 bits per heavy atom. The maximum atomic E-state index is 11.7. The summed E-state index contributed by atoms with van der Waals surface area (Å²) < 4.78 is 0. The molecule has 14 heavy (non-hydrogen) atoms. The van der Waals surface area contributed by atoms with Crippen molar-refractivity contribution in [1.29, 1.82) is 0 Å². The zero-order chi connectivity index (χ0) is 9.97. The number of carbonyl (C=O) groups is 1. The number of ketones is 1. The highest BCUT2D eigenvalue weighted by Crippen LogP contribution is 2.17. The van der Waals surface area contributed by atoms with Gasteiger partial charge >= 0.3 is 0 Å². The summed E-state index contributed by atoms with van der Waals surface area (Å²) in [5, 5.41) is 2.00. The van der Waals surface area contributed by atoms with Crippen LogP contribution in [0.2, 0.25) is 0 Å². The number of carbonyl (C=O) groups excluding carboxylic acids is 1. The van der Waals surface area contributed by atoms with Gasteiger partial charge in [-0.15, -0.1) is 22.7 Å². The first kappa shape index (κ1) is 9.55. The summed E-state index contributed by atoms with van der Waals surface area (Å²) in [7, 11) is 0. The number of nitrogens with zero attached hydrogens (tertiary/aromatic N) is 1. The van der Waals surface area contributed by atoms with Crippen LogP contribution < -0.4 is 0 Å². The molecule has 0 radical (unpaired) electrons. The fraction of sp³-hybridized carbons (Fsp3) is 0.200. The molecule has 0 aromatic carbocycles.